The topological polar surface area (TPSA) is 84.7 Å². The van der Waals surface area contributed by atoms with Crippen molar-refractivity contribution in [2.45, 2.75) is 6.61 Å². The quantitative estimate of drug-likeness (QED) is 0.417. The van der Waals surface area contributed by atoms with Crippen molar-refractivity contribution < 1.29 is 27.5 Å². The minimum Gasteiger partial charge on any atom is -0.487 e. The molecule has 168 valence electrons. The van der Waals surface area contributed by atoms with E-state index in [4.69, 9.17) is 4.74 Å². The van der Waals surface area contributed by atoms with Crippen LogP contribution in [0.25, 0.3) is 5.65 Å². The third-order valence-corrected chi connectivity index (χ3v) is 4.62. The Hall–Kier alpha value is -4.34. The number of anilines is 1. The SMILES string of the molecule is O=C(CNC(=O)c1cccc(OCc2cn3ccccc3n2)c1)Nc1ccc(F)c(F)c1F. The molecule has 4 rings (SSSR count). The van der Waals surface area contributed by atoms with Crippen LogP contribution >= 0.6 is 0 Å². The van der Waals surface area contributed by atoms with Crippen molar-refractivity contribution in [2.75, 3.05) is 11.9 Å². The van der Waals surface area contributed by atoms with Gasteiger partial charge >= 0.3 is 0 Å². The summed E-state index contributed by atoms with van der Waals surface area (Å²) in [5.41, 5.74) is 1.19. The van der Waals surface area contributed by atoms with E-state index >= 15 is 0 Å². The van der Waals surface area contributed by atoms with E-state index in [2.05, 4.69) is 15.6 Å². The summed E-state index contributed by atoms with van der Waals surface area (Å²) >= 11 is 0. The molecular formula is C23H17F3N4O3. The molecule has 33 heavy (non-hydrogen) atoms. The molecule has 0 radical (unpaired) electrons. The van der Waals surface area contributed by atoms with Crippen molar-refractivity contribution in [3.63, 3.8) is 0 Å². The lowest BCUT2D eigenvalue weighted by Gasteiger charge is -2.09. The van der Waals surface area contributed by atoms with Gasteiger partial charge in [0.15, 0.2) is 17.5 Å². The van der Waals surface area contributed by atoms with Crippen LogP contribution in [0.3, 0.4) is 0 Å². The van der Waals surface area contributed by atoms with Gasteiger partial charge in [0.1, 0.15) is 18.0 Å². The maximum Gasteiger partial charge on any atom is 0.251 e. The van der Waals surface area contributed by atoms with E-state index in [0.29, 0.717) is 17.5 Å². The Labute approximate surface area is 185 Å². The third kappa shape index (κ3) is 5.12. The predicted octanol–water partition coefficient (Wildman–Crippen LogP) is 3.70. The van der Waals surface area contributed by atoms with E-state index in [0.717, 1.165) is 11.7 Å². The number of benzene rings is 2. The van der Waals surface area contributed by atoms with Gasteiger partial charge in [0.05, 0.1) is 17.9 Å². The number of nitrogens with zero attached hydrogens (tertiary/aromatic N) is 2. The van der Waals surface area contributed by atoms with E-state index < -0.39 is 41.5 Å². The largest absolute Gasteiger partial charge is 0.487 e. The summed E-state index contributed by atoms with van der Waals surface area (Å²) in [4.78, 5) is 28.7. The van der Waals surface area contributed by atoms with E-state index in [1.54, 1.807) is 12.1 Å². The van der Waals surface area contributed by atoms with Crippen molar-refractivity contribution in [3.05, 3.63) is 95.7 Å². The molecule has 0 aliphatic heterocycles. The molecular weight excluding hydrogens is 437 g/mol. The summed E-state index contributed by atoms with van der Waals surface area (Å²) in [7, 11) is 0. The van der Waals surface area contributed by atoms with Gasteiger partial charge in [-0.2, -0.15) is 0 Å². The lowest BCUT2D eigenvalue weighted by molar-refractivity contribution is -0.115. The van der Waals surface area contributed by atoms with Gasteiger partial charge in [-0.05, 0) is 42.5 Å². The van der Waals surface area contributed by atoms with Crippen LogP contribution in [-0.2, 0) is 11.4 Å². The summed E-state index contributed by atoms with van der Waals surface area (Å²) in [6.45, 7) is -0.321. The molecule has 0 spiro atoms. The fraction of sp³-hybridized carbons (Fsp3) is 0.0870. The molecule has 4 aromatic rings. The maximum absolute atomic E-state index is 13.6. The molecule has 2 amide bonds. The molecule has 10 heteroatoms. The first kappa shape index (κ1) is 21.9. The first-order chi connectivity index (χ1) is 15.9. The molecule has 0 fully saturated rings. The minimum absolute atomic E-state index is 0.189. The van der Waals surface area contributed by atoms with Crippen LogP contribution in [-0.4, -0.2) is 27.7 Å². The number of aromatic nitrogens is 2. The molecule has 0 aliphatic rings. The smallest absolute Gasteiger partial charge is 0.251 e. The normalized spacial score (nSPS) is 10.8. The maximum atomic E-state index is 13.6. The first-order valence-electron chi connectivity index (χ1n) is 9.78. The molecule has 0 unspecified atom stereocenters. The molecule has 2 heterocycles. The predicted molar refractivity (Wildman–Crippen MR) is 113 cm³/mol. The molecule has 2 aromatic carbocycles. The van der Waals surface area contributed by atoms with Gasteiger partial charge in [0.25, 0.3) is 5.91 Å². The van der Waals surface area contributed by atoms with Gasteiger partial charge in [-0.1, -0.05) is 12.1 Å². The summed E-state index contributed by atoms with van der Waals surface area (Å²) in [5, 5.41) is 4.45. The Morgan fingerprint density at radius 3 is 2.67 bits per heavy atom. The lowest BCUT2D eigenvalue weighted by atomic mass is 10.2. The van der Waals surface area contributed by atoms with Crippen molar-refractivity contribution in [3.8, 4) is 5.75 Å². The van der Waals surface area contributed by atoms with Crippen LogP contribution in [0.15, 0.2) is 67.0 Å². The van der Waals surface area contributed by atoms with Crippen molar-refractivity contribution >= 4 is 23.1 Å². The number of fused-ring (bicyclic) bond motifs is 1. The molecule has 7 nitrogen and oxygen atoms in total. The molecule has 0 saturated heterocycles. The Morgan fingerprint density at radius 2 is 1.85 bits per heavy atom. The van der Waals surface area contributed by atoms with Gasteiger partial charge in [0, 0.05) is 18.0 Å². The van der Waals surface area contributed by atoms with Crippen LogP contribution in [0.4, 0.5) is 18.9 Å². The van der Waals surface area contributed by atoms with Gasteiger partial charge < -0.3 is 19.8 Å². The molecule has 2 N–H and O–H groups in total. The Balaban J connectivity index is 1.32. The Kier molecular flexibility index (Phi) is 6.25. The zero-order valence-electron chi connectivity index (χ0n) is 17.0. The monoisotopic (exact) mass is 454 g/mol. The second kappa shape index (κ2) is 9.43. The number of hydrogen-bond donors (Lipinski definition) is 2. The van der Waals surface area contributed by atoms with Gasteiger partial charge in [0.2, 0.25) is 5.91 Å². The highest BCUT2D eigenvalue weighted by Gasteiger charge is 2.16. The molecule has 0 atom stereocenters. The lowest BCUT2D eigenvalue weighted by Crippen LogP contribution is -2.33. The summed E-state index contributed by atoms with van der Waals surface area (Å²) in [6.07, 6.45) is 3.70. The van der Waals surface area contributed by atoms with Crippen molar-refractivity contribution in [1.82, 2.24) is 14.7 Å². The minimum atomic E-state index is -1.70. The number of imidazole rings is 1. The highest BCUT2D eigenvalue weighted by molar-refractivity contribution is 5.99. The average Bonchev–Trinajstić information content (AvgIpc) is 3.25. The highest BCUT2D eigenvalue weighted by Crippen LogP contribution is 2.19. The number of nitrogens with one attached hydrogen (secondary N) is 2. The first-order valence-corrected chi connectivity index (χ1v) is 9.78. The summed E-state index contributed by atoms with van der Waals surface area (Å²) < 4.78 is 47.4. The van der Waals surface area contributed by atoms with Gasteiger partial charge in [-0.15, -0.1) is 0 Å². The number of pyridine rings is 1. The van der Waals surface area contributed by atoms with Crippen LogP contribution in [0.2, 0.25) is 0 Å². The highest BCUT2D eigenvalue weighted by atomic mass is 19.2. The zero-order chi connectivity index (χ0) is 23.4. The number of amides is 2. The van der Waals surface area contributed by atoms with E-state index in [9.17, 15) is 22.8 Å². The number of ether oxygens (including phenoxy) is 1. The summed E-state index contributed by atoms with van der Waals surface area (Å²) in [5.74, 6) is -5.56. The fourth-order valence-corrected chi connectivity index (χ4v) is 3.02. The second-order valence-electron chi connectivity index (χ2n) is 6.97. The van der Waals surface area contributed by atoms with Crippen LogP contribution in [0.5, 0.6) is 5.75 Å². The fourth-order valence-electron chi connectivity index (χ4n) is 3.02. The number of halogens is 3. The average molecular weight is 454 g/mol. The molecule has 0 bridgehead atoms. The number of carbonyl (C=O) groups is 2. The third-order valence-electron chi connectivity index (χ3n) is 4.62. The number of carbonyl (C=O) groups excluding carboxylic acids is 2. The van der Waals surface area contributed by atoms with Gasteiger partial charge in [-0.25, -0.2) is 18.2 Å². The number of rotatable bonds is 7. The van der Waals surface area contributed by atoms with Crippen LogP contribution in [0.1, 0.15) is 16.1 Å². The van der Waals surface area contributed by atoms with Gasteiger partial charge in [-0.3, -0.25) is 9.59 Å². The van der Waals surface area contributed by atoms with Crippen molar-refractivity contribution in [2.24, 2.45) is 0 Å². The Morgan fingerprint density at radius 1 is 1.00 bits per heavy atom. The van der Waals surface area contributed by atoms with E-state index in [1.165, 1.54) is 12.1 Å². The van der Waals surface area contributed by atoms with E-state index in [-0.39, 0.29) is 12.2 Å². The zero-order valence-corrected chi connectivity index (χ0v) is 17.0. The summed E-state index contributed by atoms with van der Waals surface area (Å²) in [6, 6.07) is 13.5. The molecule has 0 aliphatic carbocycles. The standard InChI is InChI=1S/C23H17F3N4O3/c24-17-7-8-18(22(26)21(17)25)29-20(31)11-27-23(32)14-4-3-5-16(10-14)33-13-15-12-30-9-2-1-6-19(30)28-15/h1-10,12H,11,13H2,(H,27,32)(H,29,31). The second-order valence-corrected chi connectivity index (χ2v) is 6.97. The molecule has 0 saturated carbocycles. The van der Waals surface area contributed by atoms with Crippen LogP contribution < -0.4 is 15.4 Å². The Bertz CT molecular complexity index is 1310. The number of hydrogen-bond acceptors (Lipinski definition) is 4. The molecule has 2 aromatic heterocycles. The van der Waals surface area contributed by atoms with Crippen LogP contribution in [0, 0.1) is 17.5 Å². The van der Waals surface area contributed by atoms with E-state index in [1.807, 2.05) is 35.0 Å². The van der Waals surface area contributed by atoms with Crippen molar-refractivity contribution in [1.29, 1.82) is 0 Å².